The lowest BCUT2D eigenvalue weighted by atomic mass is 9.75. The minimum absolute atomic E-state index is 0.195. The third-order valence-electron chi connectivity index (χ3n) is 6.42. The number of hydrogen-bond donors (Lipinski definition) is 1. The number of H-pyrrole nitrogens is 1. The van der Waals surface area contributed by atoms with E-state index in [4.69, 9.17) is 9.72 Å². The lowest BCUT2D eigenvalue weighted by molar-refractivity contribution is -0.0312. The van der Waals surface area contributed by atoms with Crippen molar-refractivity contribution in [3.8, 4) is 11.3 Å². The van der Waals surface area contributed by atoms with E-state index in [2.05, 4.69) is 21.0 Å². The number of carbonyl (C=O) groups is 1. The molecule has 30 heavy (non-hydrogen) atoms. The zero-order valence-electron chi connectivity index (χ0n) is 16.3. The van der Waals surface area contributed by atoms with Gasteiger partial charge < -0.3 is 9.72 Å². The van der Waals surface area contributed by atoms with Gasteiger partial charge >= 0.3 is 5.97 Å². The molecule has 0 unspecified atom stereocenters. The van der Waals surface area contributed by atoms with E-state index in [1.54, 1.807) is 6.20 Å². The molecule has 1 N–H and O–H groups in total. The van der Waals surface area contributed by atoms with E-state index >= 15 is 0 Å². The summed E-state index contributed by atoms with van der Waals surface area (Å²) in [6.07, 6.45) is 7.04. The van der Waals surface area contributed by atoms with Crippen LogP contribution < -0.4 is 0 Å². The molecule has 2 aliphatic rings. The normalized spacial score (nSPS) is 22.9. The van der Waals surface area contributed by atoms with Crippen LogP contribution in [-0.2, 0) is 10.3 Å². The first-order chi connectivity index (χ1) is 14.7. The van der Waals surface area contributed by atoms with E-state index in [0.29, 0.717) is 11.5 Å². The fourth-order valence-electron chi connectivity index (χ4n) is 4.86. The average molecular weight is 396 g/mol. The zero-order valence-corrected chi connectivity index (χ0v) is 16.3. The van der Waals surface area contributed by atoms with Crippen molar-refractivity contribution < 1.29 is 9.53 Å². The SMILES string of the molecule is O=C1O[C@]2(CC[C@H](c3nc4ncc(-c5ccccn5)cc4[nH]3)CC2)c2ccccc21. The monoisotopic (exact) mass is 396 g/mol. The van der Waals surface area contributed by atoms with Gasteiger partial charge in [0.15, 0.2) is 5.65 Å². The van der Waals surface area contributed by atoms with Crippen LogP contribution in [-0.4, -0.2) is 25.9 Å². The van der Waals surface area contributed by atoms with Gasteiger partial charge in [0.2, 0.25) is 0 Å². The van der Waals surface area contributed by atoms with Crippen LogP contribution in [0, 0.1) is 0 Å². The Morgan fingerprint density at radius 3 is 2.70 bits per heavy atom. The standard InChI is InChI=1S/C24H20N4O2/c29-23-17-5-1-2-6-18(17)24(30-23)10-8-15(9-11-24)21-27-20-13-16(14-26-22(20)28-21)19-7-3-4-12-25-19/h1-7,12-15H,8-11H2,(H,26,27,28)/t15-,24-. The molecule has 1 spiro atoms. The van der Waals surface area contributed by atoms with Crippen LogP contribution >= 0.6 is 0 Å². The third-order valence-corrected chi connectivity index (χ3v) is 6.42. The maximum absolute atomic E-state index is 12.3. The highest BCUT2D eigenvalue weighted by Crippen LogP contribution is 2.49. The molecule has 0 radical (unpaired) electrons. The Bertz CT molecular complexity index is 1260. The topological polar surface area (TPSA) is 80.8 Å². The fraction of sp³-hybridized carbons (Fsp3) is 0.250. The smallest absolute Gasteiger partial charge is 0.339 e. The highest BCUT2D eigenvalue weighted by molar-refractivity contribution is 5.94. The van der Waals surface area contributed by atoms with E-state index in [0.717, 1.165) is 59.5 Å². The lowest BCUT2D eigenvalue weighted by Crippen LogP contribution is -2.31. The molecule has 148 valence electrons. The number of rotatable bonds is 2. The highest BCUT2D eigenvalue weighted by atomic mass is 16.6. The van der Waals surface area contributed by atoms with Crippen LogP contribution in [0.5, 0.6) is 0 Å². The van der Waals surface area contributed by atoms with E-state index < -0.39 is 5.60 Å². The molecule has 0 bridgehead atoms. The van der Waals surface area contributed by atoms with Gasteiger partial charge in [0.25, 0.3) is 0 Å². The van der Waals surface area contributed by atoms with Crippen LogP contribution in [0.15, 0.2) is 60.9 Å². The van der Waals surface area contributed by atoms with Gasteiger partial charge in [-0.05, 0) is 49.9 Å². The second kappa shape index (κ2) is 6.49. The third kappa shape index (κ3) is 2.64. The molecule has 6 rings (SSSR count). The van der Waals surface area contributed by atoms with Crippen LogP contribution in [0.3, 0.4) is 0 Å². The minimum Gasteiger partial charge on any atom is -0.451 e. The number of carbonyl (C=O) groups excluding carboxylic acids is 1. The second-order valence-corrected chi connectivity index (χ2v) is 8.14. The molecular weight excluding hydrogens is 376 g/mol. The van der Waals surface area contributed by atoms with Crippen molar-refractivity contribution in [2.45, 2.75) is 37.2 Å². The molecule has 4 aromatic rings. The van der Waals surface area contributed by atoms with Crippen LogP contribution in [0.4, 0.5) is 0 Å². The van der Waals surface area contributed by atoms with Gasteiger partial charge in [-0.1, -0.05) is 24.3 Å². The molecule has 6 heteroatoms. The average Bonchev–Trinajstić information content (AvgIpc) is 3.34. The Labute approximate surface area is 173 Å². The van der Waals surface area contributed by atoms with Crippen molar-refractivity contribution in [2.75, 3.05) is 0 Å². The molecule has 0 atom stereocenters. The van der Waals surface area contributed by atoms with E-state index in [-0.39, 0.29) is 5.97 Å². The first-order valence-corrected chi connectivity index (χ1v) is 10.3. The van der Waals surface area contributed by atoms with Crippen molar-refractivity contribution in [1.82, 2.24) is 19.9 Å². The Balaban J connectivity index is 1.26. The molecule has 1 saturated carbocycles. The van der Waals surface area contributed by atoms with E-state index in [1.165, 1.54) is 0 Å². The van der Waals surface area contributed by atoms with Crippen molar-refractivity contribution in [1.29, 1.82) is 0 Å². The first kappa shape index (κ1) is 17.3. The van der Waals surface area contributed by atoms with Gasteiger partial charge in [0.1, 0.15) is 11.4 Å². The molecule has 6 nitrogen and oxygen atoms in total. The molecule has 1 aliphatic carbocycles. The molecule has 4 heterocycles. The number of benzene rings is 1. The Morgan fingerprint density at radius 2 is 1.87 bits per heavy atom. The van der Waals surface area contributed by atoms with Crippen molar-refractivity contribution >= 4 is 17.1 Å². The molecule has 3 aromatic heterocycles. The number of esters is 1. The number of hydrogen-bond acceptors (Lipinski definition) is 5. The summed E-state index contributed by atoms with van der Waals surface area (Å²) in [5.74, 6) is 1.07. The number of ether oxygens (including phenoxy) is 1. The highest BCUT2D eigenvalue weighted by Gasteiger charge is 2.47. The van der Waals surface area contributed by atoms with Crippen molar-refractivity contribution in [3.05, 3.63) is 77.9 Å². The molecule has 1 aromatic carbocycles. The van der Waals surface area contributed by atoms with Crippen LogP contribution in [0.2, 0.25) is 0 Å². The summed E-state index contributed by atoms with van der Waals surface area (Å²) in [7, 11) is 0. The summed E-state index contributed by atoms with van der Waals surface area (Å²) in [6.45, 7) is 0. The number of aromatic amines is 1. The summed E-state index contributed by atoms with van der Waals surface area (Å²) < 4.78 is 5.88. The molecule has 0 saturated heterocycles. The number of pyridine rings is 2. The maximum Gasteiger partial charge on any atom is 0.339 e. The maximum atomic E-state index is 12.3. The zero-order chi connectivity index (χ0) is 20.1. The van der Waals surface area contributed by atoms with Crippen molar-refractivity contribution in [2.24, 2.45) is 0 Å². The first-order valence-electron chi connectivity index (χ1n) is 10.3. The summed E-state index contributed by atoms with van der Waals surface area (Å²) >= 11 is 0. The summed E-state index contributed by atoms with van der Waals surface area (Å²) in [6, 6.07) is 15.7. The summed E-state index contributed by atoms with van der Waals surface area (Å²) in [5, 5.41) is 0. The number of fused-ring (bicyclic) bond motifs is 3. The minimum atomic E-state index is -0.472. The molecule has 1 aliphatic heterocycles. The van der Waals surface area contributed by atoms with Crippen molar-refractivity contribution in [3.63, 3.8) is 0 Å². The Hall–Kier alpha value is -3.54. The van der Waals surface area contributed by atoms with Gasteiger partial charge in [0.05, 0.1) is 16.8 Å². The second-order valence-electron chi connectivity index (χ2n) is 8.14. The number of imidazole rings is 1. The molecular formula is C24H20N4O2. The van der Waals surface area contributed by atoms with Gasteiger partial charge in [-0.25, -0.2) is 14.8 Å². The van der Waals surface area contributed by atoms with E-state index in [9.17, 15) is 4.79 Å². The Morgan fingerprint density at radius 1 is 1.03 bits per heavy atom. The Kier molecular flexibility index (Phi) is 3.75. The lowest BCUT2D eigenvalue weighted by Gasteiger charge is -2.35. The van der Waals surface area contributed by atoms with Crippen LogP contribution in [0.25, 0.3) is 22.4 Å². The number of aromatic nitrogens is 4. The fourth-order valence-corrected chi connectivity index (χ4v) is 4.86. The molecule has 1 fully saturated rings. The van der Waals surface area contributed by atoms with Crippen LogP contribution in [0.1, 0.15) is 53.3 Å². The largest absolute Gasteiger partial charge is 0.451 e. The van der Waals surface area contributed by atoms with Gasteiger partial charge in [-0.3, -0.25) is 4.98 Å². The van der Waals surface area contributed by atoms with Gasteiger partial charge in [-0.2, -0.15) is 0 Å². The van der Waals surface area contributed by atoms with Gasteiger partial charge in [-0.15, -0.1) is 0 Å². The summed E-state index contributed by atoms with van der Waals surface area (Å²) in [5.41, 5.74) is 4.79. The van der Waals surface area contributed by atoms with E-state index in [1.807, 2.05) is 48.7 Å². The molecule has 0 amide bonds. The number of nitrogens with zero attached hydrogens (tertiary/aromatic N) is 3. The summed E-state index contributed by atoms with van der Waals surface area (Å²) in [4.78, 5) is 29.5. The predicted octanol–water partition coefficient (Wildman–Crippen LogP) is 4.74. The predicted molar refractivity (Wildman–Crippen MR) is 112 cm³/mol. The number of nitrogens with one attached hydrogen (secondary N) is 1. The quantitative estimate of drug-likeness (QED) is 0.495. The van der Waals surface area contributed by atoms with Gasteiger partial charge in [0, 0.05) is 29.4 Å².